The average Bonchev–Trinajstić information content (AvgIpc) is 2.26. The lowest BCUT2D eigenvalue weighted by Gasteiger charge is -2.37. The topological polar surface area (TPSA) is 89.3 Å². The monoisotopic (exact) mass is 304 g/mol. The number of rotatable bonds is 4. The molecule has 5 nitrogen and oxygen atoms in total. The van der Waals surface area contributed by atoms with Crippen molar-refractivity contribution in [2.24, 2.45) is 11.7 Å². The fourth-order valence-electron chi connectivity index (χ4n) is 2.53. The van der Waals surface area contributed by atoms with Gasteiger partial charge in [0.25, 0.3) is 0 Å². The molecule has 0 saturated heterocycles. The first kappa shape index (κ1) is 17.4. The van der Waals surface area contributed by atoms with Crippen LogP contribution >= 0.6 is 0 Å². The highest BCUT2D eigenvalue weighted by Gasteiger charge is 2.37. The van der Waals surface area contributed by atoms with E-state index in [2.05, 4.69) is 5.32 Å². The molecule has 3 N–H and O–H groups in total. The minimum absolute atomic E-state index is 0.0315. The van der Waals surface area contributed by atoms with Crippen LogP contribution in [0.3, 0.4) is 0 Å². The van der Waals surface area contributed by atoms with Crippen LogP contribution in [0, 0.1) is 5.92 Å². The minimum Gasteiger partial charge on any atom is -0.355 e. The first-order valence-corrected chi connectivity index (χ1v) is 8.91. The van der Waals surface area contributed by atoms with Gasteiger partial charge in [-0.05, 0) is 40.5 Å². The maximum Gasteiger partial charge on any atom is 0.224 e. The van der Waals surface area contributed by atoms with Gasteiger partial charge in [-0.3, -0.25) is 4.79 Å². The van der Waals surface area contributed by atoms with E-state index in [0.717, 1.165) is 25.7 Å². The molecule has 0 aliphatic heterocycles. The zero-order chi connectivity index (χ0) is 15.6. The lowest BCUT2D eigenvalue weighted by atomic mass is 9.74. The van der Waals surface area contributed by atoms with Gasteiger partial charge in [0.05, 0.1) is 16.4 Å². The Bertz CT molecular complexity index is 450. The Hall–Kier alpha value is -0.620. The van der Waals surface area contributed by atoms with Gasteiger partial charge in [-0.2, -0.15) is 0 Å². The number of sulfone groups is 1. The molecule has 0 heterocycles. The molecule has 1 aliphatic carbocycles. The van der Waals surface area contributed by atoms with Crippen LogP contribution in [0.25, 0.3) is 0 Å². The van der Waals surface area contributed by atoms with Crippen molar-refractivity contribution in [2.75, 3.05) is 12.3 Å². The van der Waals surface area contributed by atoms with Gasteiger partial charge in [0.15, 0.2) is 9.84 Å². The second kappa shape index (κ2) is 6.02. The van der Waals surface area contributed by atoms with Crippen molar-refractivity contribution in [3.8, 4) is 0 Å². The lowest BCUT2D eigenvalue weighted by Crippen LogP contribution is -2.53. The maximum atomic E-state index is 12.2. The average molecular weight is 304 g/mol. The zero-order valence-corrected chi connectivity index (χ0v) is 13.8. The third kappa shape index (κ3) is 4.19. The summed E-state index contributed by atoms with van der Waals surface area (Å²) in [6.07, 6.45) is 3.68. The molecule has 1 saturated carbocycles. The molecule has 118 valence electrons. The van der Waals surface area contributed by atoms with Crippen LogP contribution in [-0.2, 0) is 14.6 Å². The molecule has 20 heavy (non-hydrogen) atoms. The molecule has 0 radical (unpaired) electrons. The van der Waals surface area contributed by atoms with E-state index in [0.29, 0.717) is 0 Å². The molecule has 0 spiro atoms. The molecular weight excluding hydrogens is 276 g/mol. The first-order chi connectivity index (χ1) is 8.97. The summed E-state index contributed by atoms with van der Waals surface area (Å²) in [5.74, 6) is -0.358. The second-order valence-corrected chi connectivity index (χ2v) is 9.89. The number of carbonyl (C=O) groups is 1. The summed E-state index contributed by atoms with van der Waals surface area (Å²) >= 11 is 0. The Labute approximate surface area is 122 Å². The normalized spacial score (nSPS) is 28.1. The zero-order valence-electron chi connectivity index (χ0n) is 13.0. The van der Waals surface area contributed by atoms with E-state index in [1.807, 2.05) is 6.92 Å². The summed E-state index contributed by atoms with van der Waals surface area (Å²) in [7, 11) is -3.20. The van der Waals surface area contributed by atoms with Gasteiger partial charge in [-0.15, -0.1) is 0 Å². The van der Waals surface area contributed by atoms with Crippen LogP contribution in [0.5, 0.6) is 0 Å². The van der Waals surface area contributed by atoms with E-state index < -0.39 is 20.1 Å². The molecule has 1 amide bonds. The largest absolute Gasteiger partial charge is 0.355 e. The van der Waals surface area contributed by atoms with E-state index in [-0.39, 0.29) is 24.1 Å². The maximum absolute atomic E-state index is 12.2. The highest BCUT2D eigenvalue weighted by atomic mass is 32.2. The Kier molecular flexibility index (Phi) is 5.24. The van der Waals surface area contributed by atoms with Gasteiger partial charge in [0, 0.05) is 12.1 Å². The Morgan fingerprint density at radius 2 is 1.95 bits per heavy atom. The highest BCUT2D eigenvalue weighted by Crippen LogP contribution is 2.31. The molecule has 2 unspecified atom stereocenters. The van der Waals surface area contributed by atoms with Crippen molar-refractivity contribution >= 4 is 15.7 Å². The fourth-order valence-corrected chi connectivity index (χ4v) is 3.51. The predicted molar refractivity (Wildman–Crippen MR) is 81.1 cm³/mol. The van der Waals surface area contributed by atoms with Crippen LogP contribution in [0.2, 0.25) is 0 Å². The van der Waals surface area contributed by atoms with Gasteiger partial charge in [0.1, 0.15) is 0 Å². The Morgan fingerprint density at radius 3 is 2.45 bits per heavy atom. The van der Waals surface area contributed by atoms with Crippen LogP contribution in [-0.4, -0.2) is 36.9 Å². The molecule has 6 heteroatoms. The molecule has 1 aliphatic rings. The van der Waals surface area contributed by atoms with E-state index in [4.69, 9.17) is 5.73 Å². The van der Waals surface area contributed by atoms with E-state index in [9.17, 15) is 13.2 Å². The highest BCUT2D eigenvalue weighted by molar-refractivity contribution is 7.92. The molecule has 0 aromatic heterocycles. The van der Waals surface area contributed by atoms with E-state index in [1.165, 1.54) is 0 Å². The standard InChI is InChI=1S/C14H28N2O3S/c1-13(2,3)20(18,19)10-9-16-12(17)11-7-5-6-8-14(11,4)15/h11H,5-10,15H2,1-4H3,(H,16,17). The minimum atomic E-state index is -3.20. The van der Waals surface area contributed by atoms with Gasteiger partial charge in [0.2, 0.25) is 5.91 Å². The quantitative estimate of drug-likeness (QED) is 0.817. The molecule has 1 fully saturated rings. The summed E-state index contributed by atoms with van der Waals surface area (Å²) < 4.78 is 23.1. The number of nitrogens with one attached hydrogen (secondary N) is 1. The molecular formula is C14H28N2O3S. The summed E-state index contributed by atoms with van der Waals surface area (Å²) in [5, 5.41) is 2.74. The SMILES string of the molecule is CC1(N)CCCCC1C(=O)NCCS(=O)(=O)C(C)(C)C. The van der Waals surface area contributed by atoms with E-state index in [1.54, 1.807) is 20.8 Å². The number of carbonyl (C=O) groups excluding carboxylic acids is 1. The van der Waals surface area contributed by atoms with Gasteiger partial charge in [-0.1, -0.05) is 12.8 Å². The molecule has 0 aromatic carbocycles. The number of hydrogen-bond acceptors (Lipinski definition) is 4. The predicted octanol–water partition coefficient (Wildman–Crippen LogP) is 1.22. The van der Waals surface area contributed by atoms with Gasteiger partial charge >= 0.3 is 0 Å². The molecule has 2 atom stereocenters. The molecule has 0 aromatic rings. The summed E-state index contributed by atoms with van der Waals surface area (Å²) in [5.41, 5.74) is 5.69. The van der Waals surface area contributed by atoms with Gasteiger partial charge in [-0.25, -0.2) is 8.42 Å². The van der Waals surface area contributed by atoms with Crippen molar-refractivity contribution in [3.05, 3.63) is 0 Å². The number of amides is 1. The van der Waals surface area contributed by atoms with Gasteiger partial charge < -0.3 is 11.1 Å². The molecule has 0 bridgehead atoms. The smallest absolute Gasteiger partial charge is 0.224 e. The van der Waals surface area contributed by atoms with Crippen molar-refractivity contribution in [1.82, 2.24) is 5.32 Å². The summed E-state index contributed by atoms with van der Waals surface area (Å²) in [6.45, 7) is 7.07. The third-order valence-corrected chi connectivity index (χ3v) is 6.78. The van der Waals surface area contributed by atoms with Crippen LogP contribution < -0.4 is 11.1 Å². The van der Waals surface area contributed by atoms with Crippen molar-refractivity contribution in [1.29, 1.82) is 0 Å². The van der Waals surface area contributed by atoms with E-state index >= 15 is 0 Å². The summed E-state index contributed by atoms with van der Waals surface area (Å²) in [6, 6.07) is 0. The van der Waals surface area contributed by atoms with Crippen molar-refractivity contribution in [2.45, 2.75) is 63.7 Å². The third-order valence-electron chi connectivity index (χ3n) is 4.17. The van der Waals surface area contributed by atoms with Crippen LogP contribution in [0.1, 0.15) is 53.4 Å². The van der Waals surface area contributed by atoms with Crippen molar-refractivity contribution < 1.29 is 13.2 Å². The fraction of sp³-hybridized carbons (Fsp3) is 0.929. The molecule has 1 rings (SSSR count). The second-order valence-electron chi connectivity index (χ2n) is 7.03. The first-order valence-electron chi connectivity index (χ1n) is 7.26. The van der Waals surface area contributed by atoms with Crippen molar-refractivity contribution in [3.63, 3.8) is 0 Å². The summed E-state index contributed by atoms with van der Waals surface area (Å²) in [4.78, 5) is 12.2. The Morgan fingerprint density at radius 1 is 1.35 bits per heavy atom. The van der Waals surface area contributed by atoms with Crippen LogP contribution in [0.4, 0.5) is 0 Å². The lowest BCUT2D eigenvalue weighted by molar-refractivity contribution is -0.127. The Balaban J connectivity index is 2.52. The number of nitrogens with two attached hydrogens (primary N) is 1. The number of hydrogen-bond donors (Lipinski definition) is 2. The van der Waals surface area contributed by atoms with Crippen LogP contribution in [0.15, 0.2) is 0 Å².